The Morgan fingerprint density at radius 1 is 1.08 bits per heavy atom. The lowest BCUT2D eigenvalue weighted by molar-refractivity contribution is -0.117. The van der Waals surface area contributed by atoms with Crippen LogP contribution in [0.3, 0.4) is 0 Å². The first-order valence-electron chi connectivity index (χ1n) is 8.00. The molecule has 2 rings (SSSR count). The monoisotopic (exact) mass is 360 g/mol. The van der Waals surface area contributed by atoms with Crippen molar-refractivity contribution in [3.8, 4) is 11.5 Å². The highest BCUT2D eigenvalue weighted by molar-refractivity contribution is 5.95. The summed E-state index contributed by atoms with van der Waals surface area (Å²) in [6.45, 7) is 1.55. The van der Waals surface area contributed by atoms with Gasteiger partial charge in [0.05, 0.1) is 19.9 Å². The lowest BCUT2D eigenvalue weighted by atomic mass is 10.2. The van der Waals surface area contributed by atoms with Crippen molar-refractivity contribution in [1.29, 1.82) is 0 Å². The first-order valence-corrected chi connectivity index (χ1v) is 8.00. The van der Waals surface area contributed by atoms with E-state index in [1.165, 1.54) is 38.2 Å². The number of nitrogens with zero attached hydrogens (tertiary/aromatic N) is 1. The molecule has 0 spiro atoms. The van der Waals surface area contributed by atoms with Gasteiger partial charge < -0.3 is 19.7 Å². The molecule has 0 saturated heterocycles. The van der Waals surface area contributed by atoms with E-state index >= 15 is 0 Å². The maximum Gasteiger partial charge on any atom is 0.226 e. The number of para-hydroxylation sites is 1. The smallest absolute Gasteiger partial charge is 0.226 e. The van der Waals surface area contributed by atoms with Gasteiger partial charge in [-0.05, 0) is 24.3 Å². The van der Waals surface area contributed by atoms with Crippen LogP contribution < -0.4 is 19.7 Å². The molecule has 0 aliphatic rings. The van der Waals surface area contributed by atoms with E-state index in [0.29, 0.717) is 17.2 Å². The van der Waals surface area contributed by atoms with Crippen LogP contribution in [0.15, 0.2) is 42.5 Å². The van der Waals surface area contributed by atoms with E-state index in [1.54, 1.807) is 30.3 Å². The zero-order valence-electron chi connectivity index (χ0n) is 14.9. The van der Waals surface area contributed by atoms with E-state index in [0.717, 1.165) is 0 Å². The van der Waals surface area contributed by atoms with Crippen LogP contribution in [0.25, 0.3) is 0 Å². The molecule has 1 N–H and O–H groups in total. The highest BCUT2D eigenvalue weighted by atomic mass is 19.1. The molecule has 7 heteroatoms. The minimum Gasteiger partial charge on any atom is -0.493 e. The summed E-state index contributed by atoms with van der Waals surface area (Å²) in [5.41, 5.74) is 0.687. The minimum absolute atomic E-state index is 0.0161. The highest BCUT2D eigenvalue weighted by Crippen LogP contribution is 2.31. The number of hydrogen-bond acceptors (Lipinski definition) is 4. The summed E-state index contributed by atoms with van der Waals surface area (Å²) in [5.74, 6) is -0.106. The van der Waals surface area contributed by atoms with Crippen LogP contribution >= 0.6 is 0 Å². The van der Waals surface area contributed by atoms with E-state index in [4.69, 9.17) is 9.47 Å². The van der Waals surface area contributed by atoms with Crippen molar-refractivity contribution in [1.82, 2.24) is 0 Å². The summed E-state index contributed by atoms with van der Waals surface area (Å²) in [6, 6.07) is 11.0. The second-order valence-corrected chi connectivity index (χ2v) is 5.49. The molecule has 0 atom stereocenters. The molecule has 0 bridgehead atoms. The molecule has 2 amide bonds. The average molecular weight is 360 g/mol. The van der Waals surface area contributed by atoms with Crippen LogP contribution in [0.1, 0.15) is 13.3 Å². The molecular formula is C19H21FN2O4. The third-order valence-corrected chi connectivity index (χ3v) is 3.77. The van der Waals surface area contributed by atoms with E-state index < -0.39 is 5.82 Å². The number of anilines is 2. The van der Waals surface area contributed by atoms with Gasteiger partial charge in [-0.3, -0.25) is 9.59 Å². The van der Waals surface area contributed by atoms with Crippen LogP contribution in [0, 0.1) is 5.82 Å². The Kier molecular flexibility index (Phi) is 6.54. The topological polar surface area (TPSA) is 67.9 Å². The number of amides is 2. The first-order chi connectivity index (χ1) is 12.5. The van der Waals surface area contributed by atoms with Crippen molar-refractivity contribution in [2.75, 3.05) is 31.0 Å². The number of carbonyl (C=O) groups excluding carboxylic acids is 2. The number of ether oxygens (including phenoxy) is 2. The van der Waals surface area contributed by atoms with Gasteiger partial charge in [0.25, 0.3) is 0 Å². The average Bonchev–Trinajstić information content (AvgIpc) is 2.63. The van der Waals surface area contributed by atoms with Gasteiger partial charge in [0.15, 0.2) is 11.5 Å². The molecule has 0 unspecified atom stereocenters. The second-order valence-electron chi connectivity index (χ2n) is 5.49. The third-order valence-electron chi connectivity index (χ3n) is 3.77. The van der Waals surface area contributed by atoms with Gasteiger partial charge in [-0.25, -0.2) is 4.39 Å². The molecule has 0 heterocycles. The minimum atomic E-state index is -0.510. The normalized spacial score (nSPS) is 10.2. The van der Waals surface area contributed by atoms with Gasteiger partial charge in [0.2, 0.25) is 11.8 Å². The summed E-state index contributed by atoms with van der Waals surface area (Å²) in [5, 5.41) is 2.50. The lowest BCUT2D eigenvalue weighted by Crippen LogP contribution is -2.32. The van der Waals surface area contributed by atoms with E-state index in [1.807, 2.05) is 0 Å². The van der Waals surface area contributed by atoms with Crippen LogP contribution in [-0.2, 0) is 9.59 Å². The number of halogens is 1. The molecule has 2 aromatic rings. The van der Waals surface area contributed by atoms with Gasteiger partial charge >= 0.3 is 0 Å². The van der Waals surface area contributed by atoms with Crippen molar-refractivity contribution >= 4 is 23.2 Å². The number of methoxy groups -OCH3 is 2. The number of carbonyl (C=O) groups is 2. The van der Waals surface area contributed by atoms with Crippen molar-refractivity contribution in [3.63, 3.8) is 0 Å². The maximum absolute atomic E-state index is 13.6. The van der Waals surface area contributed by atoms with Crippen LogP contribution in [0.4, 0.5) is 15.8 Å². The molecular weight excluding hydrogens is 339 g/mol. The maximum atomic E-state index is 13.6. The van der Waals surface area contributed by atoms with Crippen LogP contribution in [-0.4, -0.2) is 32.6 Å². The Balaban J connectivity index is 2.08. The Labute approximate surface area is 151 Å². The van der Waals surface area contributed by atoms with Crippen molar-refractivity contribution in [2.24, 2.45) is 0 Å². The molecule has 138 valence electrons. The molecule has 0 aliphatic heterocycles. The molecule has 0 saturated carbocycles. The fourth-order valence-corrected chi connectivity index (χ4v) is 2.45. The summed E-state index contributed by atoms with van der Waals surface area (Å²) in [6.07, 6.45) is 0.0161. The lowest BCUT2D eigenvalue weighted by Gasteiger charge is -2.22. The Bertz CT molecular complexity index is 795. The quantitative estimate of drug-likeness (QED) is 0.823. The Morgan fingerprint density at radius 2 is 1.77 bits per heavy atom. The zero-order chi connectivity index (χ0) is 19.1. The predicted octanol–water partition coefficient (Wildman–Crippen LogP) is 3.22. The van der Waals surface area contributed by atoms with Gasteiger partial charge in [-0.2, -0.15) is 0 Å². The van der Waals surface area contributed by atoms with E-state index in [-0.39, 0.29) is 30.5 Å². The molecule has 26 heavy (non-hydrogen) atoms. The fraction of sp³-hybridized carbons (Fsp3) is 0.263. The second kappa shape index (κ2) is 8.84. The van der Waals surface area contributed by atoms with Gasteiger partial charge in [-0.1, -0.05) is 12.1 Å². The first kappa shape index (κ1) is 19.2. The number of hydrogen-bond donors (Lipinski definition) is 1. The molecule has 6 nitrogen and oxygen atoms in total. The SMILES string of the molecule is COc1ccc(N(CCC(=O)Nc2ccccc2F)C(C)=O)cc1OC. The number of rotatable bonds is 7. The van der Waals surface area contributed by atoms with Crippen molar-refractivity contribution in [2.45, 2.75) is 13.3 Å². The Morgan fingerprint density at radius 3 is 2.38 bits per heavy atom. The zero-order valence-corrected chi connectivity index (χ0v) is 14.9. The number of benzene rings is 2. The summed E-state index contributed by atoms with van der Waals surface area (Å²) < 4.78 is 24.0. The summed E-state index contributed by atoms with van der Waals surface area (Å²) >= 11 is 0. The van der Waals surface area contributed by atoms with Crippen molar-refractivity contribution in [3.05, 3.63) is 48.3 Å². The highest BCUT2D eigenvalue weighted by Gasteiger charge is 2.16. The van der Waals surface area contributed by atoms with Gasteiger partial charge in [-0.15, -0.1) is 0 Å². The van der Waals surface area contributed by atoms with Gasteiger partial charge in [0.1, 0.15) is 5.82 Å². The molecule has 0 radical (unpaired) electrons. The molecule has 0 aromatic heterocycles. The van der Waals surface area contributed by atoms with Crippen molar-refractivity contribution < 1.29 is 23.5 Å². The third kappa shape index (κ3) is 4.72. The summed E-state index contributed by atoms with van der Waals surface area (Å²) in [4.78, 5) is 25.5. The largest absolute Gasteiger partial charge is 0.493 e. The number of nitrogens with one attached hydrogen (secondary N) is 1. The van der Waals surface area contributed by atoms with E-state index in [9.17, 15) is 14.0 Å². The summed E-state index contributed by atoms with van der Waals surface area (Å²) in [7, 11) is 3.02. The molecule has 2 aromatic carbocycles. The van der Waals surface area contributed by atoms with Crippen LogP contribution in [0.5, 0.6) is 11.5 Å². The van der Waals surface area contributed by atoms with Gasteiger partial charge in [0, 0.05) is 31.6 Å². The fourth-order valence-electron chi connectivity index (χ4n) is 2.45. The Hall–Kier alpha value is -3.09. The predicted molar refractivity (Wildman–Crippen MR) is 97.2 cm³/mol. The molecule has 0 fully saturated rings. The van der Waals surface area contributed by atoms with Crippen LogP contribution in [0.2, 0.25) is 0 Å². The van der Waals surface area contributed by atoms with E-state index in [2.05, 4.69) is 5.32 Å². The standard InChI is InChI=1S/C19H21FN2O4/c1-13(23)22(14-8-9-17(25-2)18(12-14)26-3)11-10-19(24)21-16-7-5-4-6-15(16)20/h4-9,12H,10-11H2,1-3H3,(H,21,24). The molecule has 0 aliphatic carbocycles.